The van der Waals surface area contributed by atoms with Gasteiger partial charge >= 0.3 is 0 Å². The van der Waals surface area contributed by atoms with Gasteiger partial charge in [0.1, 0.15) is 0 Å². The van der Waals surface area contributed by atoms with Gasteiger partial charge in [-0.05, 0) is 42.4 Å². The SMILES string of the molecule is CCC1(CNCc2c[nH]c3cc(Cl)ccc23)CCCC1. The average Bonchev–Trinajstić information content (AvgIpc) is 3.07. The van der Waals surface area contributed by atoms with Crippen molar-refractivity contribution in [2.75, 3.05) is 6.54 Å². The van der Waals surface area contributed by atoms with Gasteiger partial charge in [-0.2, -0.15) is 0 Å². The van der Waals surface area contributed by atoms with Crippen LogP contribution < -0.4 is 5.32 Å². The molecule has 0 bridgehead atoms. The second kappa shape index (κ2) is 5.79. The van der Waals surface area contributed by atoms with E-state index in [-0.39, 0.29) is 0 Å². The quantitative estimate of drug-likeness (QED) is 0.807. The van der Waals surface area contributed by atoms with Gasteiger partial charge in [0.25, 0.3) is 0 Å². The van der Waals surface area contributed by atoms with E-state index in [1.807, 2.05) is 12.1 Å². The maximum Gasteiger partial charge on any atom is 0.0472 e. The molecule has 1 aliphatic carbocycles. The van der Waals surface area contributed by atoms with E-state index in [1.165, 1.54) is 43.1 Å². The molecule has 2 N–H and O–H groups in total. The van der Waals surface area contributed by atoms with Crippen LogP contribution in [0.5, 0.6) is 0 Å². The summed E-state index contributed by atoms with van der Waals surface area (Å²) in [6.07, 6.45) is 8.98. The van der Waals surface area contributed by atoms with Gasteiger partial charge in [-0.25, -0.2) is 0 Å². The molecule has 1 aromatic carbocycles. The standard InChI is InChI=1S/C17H23ClN2/c1-2-17(7-3-4-8-17)12-19-10-13-11-20-16-9-14(18)5-6-15(13)16/h5-6,9,11,19-20H,2-4,7-8,10,12H2,1H3. The first-order valence-electron chi connectivity index (χ1n) is 7.69. The van der Waals surface area contributed by atoms with Gasteiger partial charge in [0.15, 0.2) is 0 Å². The normalized spacial score (nSPS) is 17.9. The van der Waals surface area contributed by atoms with Crippen molar-refractivity contribution in [3.63, 3.8) is 0 Å². The molecule has 1 aliphatic rings. The van der Waals surface area contributed by atoms with Crippen LogP contribution >= 0.6 is 11.6 Å². The average molecular weight is 291 g/mol. The Labute approximate surface area is 125 Å². The lowest BCUT2D eigenvalue weighted by atomic mass is 9.83. The van der Waals surface area contributed by atoms with Crippen LogP contribution in [0.3, 0.4) is 0 Å². The lowest BCUT2D eigenvalue weighted by molar-refractivity contribution is 0.268. The fourth-order valence-corrected chi connectivity index (χ4v) is 3.72. The fraction of sp³-hybridized carbons (Fsp3) is 0.529. The van der Waals surface area contributed by atoms with Crippen LogP contribution in [0.4, 0.5) is 0 Å². The van der Waals surface area contributed by atoms with Gasteiger partial charge < -0.3 is 10.3 Å². The number of hydrogen-bond donors (Lipinski definition) is 2. The highest BCUT2D eigenvalue weighted by molar-refractivity contribution is 6.31. The van der Waals surface area contributed by atoms with Crippen molar-refractivity contribution in [1.29, 1.82) is 0 Å². The van der Waals surface area contributed by atoms with E-state index in [2.05, 4.69) is 29.5 Å². The minimum atomic E-state index is 0.551. The van der Waals surface area contributed by atoms with Crippen molar-refractivity contribution in [2.24, 2.45) is 5.41 Å². The first-order chi connectivity index (χ1) is 9.72. The molecule has 0 radical (unpaired) electrons. The van der Waals surface area contributed by atoms with Crippen molar-refractivity contribution in [3.05, 3.63) is 35.0 Å². The molecule has 1 fully saturated rings. The molecule has 0 aliphatic heterocycles. The Kier molecular flexibility index (Phi) is 4.04. The van der Waals surface area contributed by atoms with Crippen LogP contribution in [-0.4, -0.2) is 11.5 Å². The highest BCUT2D eigenvalue weighted by atomic mass is 35.5. The third-order valence-electron chi connectivity index (χ3n) is 4.96. The zero-order valence-electron chi connectivity index (χ0n) is 12.1. The maximum atomic E-state index is 6.02. The molecule has 3 rings (SSSR count). The van der Waals surface area contributed by atoms with Gasteiger partial charge in [0, 0.05) is 35.2 Å². The van der Waals surface area contributed by atoms with Gasteiger partial charge in [0.05, 0.1) is 0 Å². The summed E-state index contributed by atoms with van der Waals surface area (Å²) in [7, 11) is 0. The summed E-state index contributed by atoms with van der Waals surface area (Å²) in [5.41, 5.74) is 3.01. The molecule has 1 heterocycles. The number of halogens is 1. The molecule has 0 spiro atoms. The Morgan fingerprint density at radius 1 is 1.30 bits per heavy atom. The molecule has 0 saturated heterocycles. The van der Waals surface area contributed by atoms with E-state index < -0.39 is 0 Å². The van der Waals surface area contributed by atoms with E-state index >= 15 is 0 Å². The Balaban J connectivity index is 1.65. The van der Waals surface area contributed by atoms with Crippen molar-refractivity contribution >= 4 is 22.5 Å². The topological polar surface area (TPSA) is 27.8 Å². The number of aromatic amines is 1. The molecule has 2 nitrogen and oxygen atoms in total. The van der Waals surface area contributed by atoms with Crippen molar-refractivity contribution in [2.45, 2.75) is 45.6 Å². The maximum absolute atomic E-state index is 6.02. The van der Waals surface area contributed by atoms with Crippen LogP contribution in [0.15, 0.2) is 24.4 Å². The van der Waals surface area contributed by atoms with E-state index in [9.17, 15) is 0 Å². The van der Waals surface area contributed by atoms with Gasteiger partial charge in [-0.1, -0.05) is 37.4 Å². The first-order valence-corrected chi connectivity index (χ1v) is 8.06. The Hall–Kier alpha value is -0.990. The molecule has 2 aromatic rings. The predicted molar refractivity (Wildman–Crippen MR) is 86.2 cm³/mol. The number of benzene rings is 1. The molecule has 1 aromatic heterocycles. The van der Waals surface area contributed by atoms with Crippen LogP contribution in [0.2, 0.25) is 5.02 Å². The number of hydrogen-bond acceptors (Lipinski definition) is 1. The van der Waals surface area contributed by atoms with Gasteiger partial charge in [0.2, 0.25) is 0 Å². The smallest absolute Gasteiger partial charge is 0.0472 e. The number of nitrogens with one attached hydrogen (secondary N) is 2. The largest absolute Gasteiger partial charge is 0.361 e. The number of aromatic nitrogens is 1. The van der Waals surface area contributed by atoms with Gasteiger partial charge in [-0.15, -0.1) is 0 Å². The predicted octanol–water partition coefficient (Wildman–Crippen LogP) is 4.88. The fourth-order valence-electron chi connectivity index (χ4n) is 3.55. The molecule has 0 amide bonds. The Bertz CT molecular complexity index is 582. The molecule has 1 saturated carbocycles. The summed E-state index contributed by atoms with van der Waals surface area (Å²) in [4.78, 5) is 3.31. The highest BCUT2D eigenvalue weighted by Gasteiger charge is 2.31. The Morgan fingerprint density at radius 2 is 2.10 bits per heavy atom. The summed E-state index contributed by atoms with van der Waals surface area (Å²) < 4.78 is 0. The second-order valence-electron chi connectivity index (χ2n) is 6.17. The first kappa shape index (κ1) is 14.0. The van der Waals surface area contributed by atoms with E-state index in [4.69, 9.17) is 11.6 Å². The monoisotopic (exact) mass is 290 g/mol. The van der Waals surface area contributed by atoms with Crippen LogP contribution in [0.1, 0.15) is 44.6 Å². The summed E-state index contributed by atoms with van der Waals surface area (Å²) in [5.74, 6) is 0. The summed E-state index contributed by atoms with van der Waals surface area (Å²) >= 11 is 6.02. The van der Waals surface area contributed by atoms with Gasteiger partial charge in [-0.3, -0.25) is 0 Å². The van der Waals surface area contributed by atoms with E-state index in [0.717, 1.165) is 23.6 Å². The lowest BCUT2D eigenvalue weighted by Crippen LogP contribution is -2.31. The van der Waals surface area contributed by atoms with Crippen molar-refractivity contribution in [1.82, 2.24) is 10.3 Å². The number of H-pyrrole nitrogens is 1. The zero-order valence-corrected chi connectivity index (χ0v) is 12.9. The van der Waals surface area contributed by atoms with E-state index in [1.54, 1.807) is 0 Å². The zero-order chi connectivity index (χ0) is 14.0. The summed E-state index contributed by atoms with van der Waals surface area (Å²) in [6, 6.07) is 6.06. The van der Waals surface area contributed by atoms with E-state index in [0.29, 0.717) is 5.41 Å². The molecular weight excluding hydrogens is 268 g/mol. The minimum absolute atomic E-state index is 0.551. The van der Waals surface area contributed by atoms with Crippen LogP contribution in [0.25, 0.3) is 10.9 Å². The van der Waals surface area contributed by atoms with Crippen LogP contribution in [-0.2, 0) is 6.54 Å². The van der Waals surface area contributed by atoms with Crippen molar-refractivity contribution in [3.8, 4) is 0 Å². The lowest BCUT2D eigenvalue weighted by Gasteiger charge is -2.27. The molecule has 0 atom stereocenters. The summed E-state index contributed by atoms with van der Waals surface area (Å²) in [6.45, 7) is 4.41. The summed E-state index contributed by atoms with van der Waals surface area (Å²) in [5, 5.41) is 5.74. The Morgan fingerprint density at radius 3 is 2.85 bits per heavy atom. The molecule has 3 heteroatoms. The minimum Gasteiger partial charge on any atom is -0.361 e. The third kappa shape index (κ3) is 2.72. The molecular formula is C17H23ClN2. The molecule has 20 heavy (non-hydrogen) atoms. The molecule has 108 valence electrons. The third-order valence-corrected chi connectivity index (χ3v) is 5.19. The molecule has 0 unspecified atom stereocenters. The number of fused-ring (bicyclic) bond motifs is 1. The highest BCUT2D eigenvalue weighted by Crippen LogP contribution is 2.40. The van der Waals surface area contributed by atoms with Crippen molar-refractivity contribution < 1.29 is 0 Å². The van der Waals surface area contributed by atoms with Crippen LogP contribution in [0, 0.1) is 5.41 Å². The number of rotatable bonds is 5. The second-order valence-corrected chi connectivity index (χ2v) is 6.60.